The van der Waals surface area contributed by atoms with Crippen molar-refractivity contribution >= 4 is 35.2 Å². The molecule has 0 spiro atoms. The number of esters is 1. The molecular weight excluding hydrogens is 389 g/mol. The quantitative estimate of drug-likeness (QED) is 0.612. The number of anilines is 1. The summed E-state index contributed by atoms with van der Waals surface area (Å²) in [5, 5.41) is 5.24. The average Bonchev–Trinajstić information content (AvgIpc) is 2.62. The van der Waals surface area contributed by atoms with Crippen LogP contribution in [0.3, 0.4) is 0 Å². The van der Waals surface area contributed by atoms with Gasteiger partial charge in [-0.05, 0) is 42.3 Å². The smallest absolute Gasteiger partial charge is 0.312 e. The zero-order valence-corrected chi connectivity index (χ0v) is 15.8. The maximum atomic E-state index is 13.7. The summed E-state index contributed by atoms with van der Waals surface area (Å²) in [6, 6.07) is 9.21. The van der Waals surface area contributed by atoms with Crippen LogP contribution in [-0.4, -0.2) is 24.5 Å². The SMILES string of the molecule is Cc1ccc(NC(=O)COC(=O)C[C@H](NC(N)=O)c2ccc(Cl)cc2)c(F)c1. The third kappa shape index (κ3) is 6.55. The van der Waals surface area contributed by atoms with Gasteiger partial charge in [-0.2, -0.15) is 0 Å². The van der Waals surface area contributed by atoms with E-state index in [2.05, 4.69) is 10.6 Å². The van der Waals surface area contributed by atoms with Crippen LogP contribution in [0.15, 0.2) is 42.5 Å². The molecule has 3 amide bonds. The summed E-state index contributed by atoms with van der Waals surface area (Å²) < 4.78 is 18.6. The molecule has 0 fully saturated rings. The van der Waals surface area contributed by atoms with E-state index in [-0.39, 0.29) is 12.1 Å². The Labute approximate surface area is 166 Å². The second-order valence-electron chi connectivity index (χ2n) is 6.01. The Bertz CT molecular complexity index is 874. The molecule has 0 saturated heterocycles. The number of carbonyl (C=O) groups is 3. The first kappa shape index (κ1) is 21.2. The third-order valence-electron chi connectivity index (χ3n) is 3.72. The number of ether oxygens (including phenoxy) is 1. The number of urea groups is 1. The number of aryl methyl sites for hydroxylation is 1. The summed E-state index contributed by atoms with van der Waals surface area (Å²) in [7, 11) is 0. The normalized spacial score (nSPS) is 11.4. The van der Waals surface area contributed by atoms with Gasteiger partial charge in [-0.25, -0.2) is 9.18 Å². The van der Waals surface area contributed by atoms with Gasteiger partial charge in [-0.3, -0.25) is 9.59 Å². The minimum absolute atomic E-state index is 0.0129. The molecule has 2 aromatic carbocycles. The first-order valence-electron chi connectivity index (χ1n) is 8.27. The van der Waals surface area contributed by atoms with Crippen LogP contribution in [0.5, 0.6) is 0 Å². The van der Waals surface area contributed by atoms with E-state index in [0.29, 0.717) is 16.1 Å². The molecule has 0 saturated carbocycles. The Kier molecular flexibility index (Phi) is 7.34. The van der Waals surface area contributed by atoms with Crippen molar-refractivity contribution in [2.45, 2.75) is 19.4 Å². The molecule has 0 aliphatic rings. The van der Waals surface area contributed by atoms with Crippen LogP contribution in [0.1, 0.15) is 23.6 Å². The van der Waals surface area contributed by atoms with Crippen LogP contribution < -0.4 is 16.4 Å². The number of carbonyl (C=O) groups excluding carboxylic acids is 3. The number of benzene rings is 2. The molecule has 0 bridgehead atoms. The van der Waals surface area contributed by atoms with Gasteiger partial charge in [-0.1, -0.05) is 29.8 Å². The van der Waals surface area contributed by atoms with Crippen molar-refractivity contribution in [2.24, 2.45) is 5.73 Å². The zero-order valence-electron chi connectivity index (χ0n) is 15.0. The maximum Gasteiger partial charge on any atom is 0.312 e. The van der Waals surface area contributed by atoms with E-state index < -0.39 is 36.4 Å². The Morgan fingerprint density at radius 3 is 2.46 bits per heavy atom. The lowest BCUT2D eigenvalue weighted by Gasteiger charge is -2.17. The number of rotatable bonds is 7. The van der Waals surface area contributed by atoms with Gasteiger partial charge in [0, 0.05) is 5.02 Å². The fourth-order valence-corrected chi connectivity index (χ4v) is 2.52. The molecule has 1 atom stereocenters. The molecule has 7 nitrogen and oxygen atoms in total. The fourth-order valence-electron chi connectivity index (χ4n) is 2.40. The fraction of sp³-hybridized carbons (Fsp3) is 0.211. The number of hydrogen-bond donors (Lipinski definition) is 3. The molecule has 2 rings (SSSR count). The molecule has 148 valence electrons. The highest BCUT2D eigenvalue weighted by Gasteiger charge is 2.19. The van der Waals surface area contributed by atoms with Gasteiger partial charge in [-0.15, -0.1) is 0 Å². The Morgan fingerprint density at radius 1 is 1.18 bits per heavy atom. The number of amides is 3. The summed E-state index contributed by atoms with van der Waals surface area (Å²) >= 11 is 5.82. The average molecular weight is 408 g/mol. The Balaban J connectivity index is 1.92. The van der Waals surface area contributed by atoms with Gasteiger partial charge < -0.3 is 21.1 Å². The standard InChI is InChI=1S/C19H19ClFN3O4/c1-11-2-7-15(14(21)8-11)23-17(25)10-28-18(26)9-16(24-19(22)27)12-3-5-13(20)6-4-12/h2-8,16H,9-10H2,1H3,(H,23,25)(H3,22,24,27)/t16-/m0/s1. The van der Waals surface area contributed by atoms with Crippen LogP contribution in [0.4, 0.5) is 14.9 Å². The Hall–Kier alpha value is -3.13. The molecule has 0 heterocycles. The van der Waals surface area contributed by atoms with E-state index in [1.54, 1.807) is 37.3 Å². The highest BCUT2D eigenvalue weighted by atomic mass is 35.5. The van der Waals surface area contributed by atoms with E-state index in [9.17, 15) is 18.8 Å². The first-order chi connectivity index (χ1) is 13.2. The number of hydrogen-bond acceptors (Lipinski definition) is 4. The first-order valence-corrected chi connectivity index (χ1v) is 8.65. The van der Waals surface area contributed by atoms with Gasteiger partial charge in [0.1, 0.15) is 5.82 Å². The van der Waals surface area contributed by atoms with Crippen LogP contribution in [0, 0.1) is 12.7 Å². The van der Waals surface area contributed by atoms with Crippen molar-refractivity contribution in [2.75, 3.05) is 11.9 Å². The molecular formula is C19H19ClFN3O4. The van der Waals surface area contributed by atoms with Crippen LogP contribution in [-0.2, 0) is 14.3 Å². The minimum Gasteiger partial charge on any atom is -0.455 e. The summed E-state index contributed by atoms with van der Waals surface area (Å²) in [6.07, 6.45) is -0.253. The monoisotopic (exact) mass is 407 g/mol. The lowest BCUT2D eigenvalue weighted by atomic mass is 10.0. The molecule has 0 aliphatic heterocycles. The predicted molar refractivity (Wildman–Crippen MR) is 102 cm³/mol. The predicted octanol–water partition coefficient (Wildman–Crippen LogP) is 3.07. The van der Waals surface area contributed by atoms with Gasteiger partial charge in [0.25, 0.3) is 5.91 Å². The third-order valence-corrected chi connectivity index (χ3v) is 3.97. The lowest BCUT2D eigenvalue weighted by molar-refractivity contribution is -0.147. The highest BCUT2D eigenvalue weighted by molar-refractivity contribution is 6.30. The van der Waals surface area contributed by atoms with Crippen LogP contribution in [0.2, 0.25) is 5.02 Å². The summed E-state index contributed by atoms with van der Waals surface area (Å²) in [5.41, 5.74) is 6.42. The topological polar surface area (TPSA) is 111 Å². The number of nitrogens with two attached hydrogens (primary N) is 1. The summed E-state index contributed by atoms with van der Waals surface area (Å²) in [5.74, 6) is -2.02. The molecule has 28 heavy (non-hydrogen) atoms. The molecule has 0 radical (unpaired) electrons. The van der Waals surface area contributed by atoms with E-state index in [4.69, 9.17) is 22.1 Å². The van der Waals surface area contributed by atoms with Crippen molar-refractivity contribution in [3.05, 3.63) is 64.4 Å². The van der Waals surface area contributed by atoms with Crippen molar-refractivity contribution < 1.29 is 23.5 Å². The highest BCUT2D eigenvalue weighted by Crippen LogP contribution is 2.20. The van der Waals surface area contributed by atoms with Crippen molar-refractivity contribution in [1.82, 2.24) is 5.32 Å². The molecule has 0 aliphatic carbocycles. The van der Waals surface area contributed by atoms with Gasteiger partial charge in [0.05, 0.1) is 18.2 Å². The zero-order chi connectivity index (χ0) is 20.7. The molecule has 0 unspecified atom stereocenters. The molecule has 4 N–H and O–H groups in total. The van der Waals surface area contributed by atoms with Gasteiger partial charge >= 0.3 is 12.0 Å². The van der Waals surface area contributed by atoms with E-state index in [1.807, 2.05) is 0 Å². The summed E-state index contributed by atoms with van der Waals surface area (Å²) in [4.78, 5) is 35.1. The van der Waals surface area contributed by atoms with Gasteiger partial charge in [0.2, 0.25) is 0 Å². The minimum atomic E-state index is -0.819. The molecule has 9 heteroatoms. The second-order valence-corrected chi connectivity index (χ2v) is 6.45. The molecule has 2 aromatic rings. The van der Waals surface area contributed by atoms with Crippen molar-refractivity contribution in [1.29, 1.82) is 0 Å². The second kappa shape index (κ2) is 9.70. The van der Waals surface area contributed by atoms with E-state index in [0.717, 1.165) is 0 Å². The van der Waals surface area contributed by atoms with Crippen LogP contribution >= 0.6 is 11.6 Å². The van der Waals surface area contributed by atoms with Gasteiger partial charge in [0.15, 0.2) is 6.61 Å². The Morgan fingerprint density at radius 2 is 1.86 bits per heavy atom. The number of halogens is 2. The largest absolute Gasteiger partial charge is 0.455 e. The maximum absolute atomic E-state index is 13.7. The van der Waals surface area contributed by atoms with Crippen LogP contribution in [0.25, 0.3) is 0 Å². The number of primary amides is 1. The number of nitrogens with one attached hydrogen (secondary N) is 2. The van der Waals surface area contributed by atoms with E-state index >= 15 is 0 Å². The lowest BCUT2D eigenvalue weighted by Crippen LogP contribution is -2.35. The van der Waals surface area contributed by atoms with E-state index in [1.165, 1.54) is 12.1 Å². The summed E-state index contributed by atoms with van der Waals surface area (Å²) in [6.45, 7) is 1.11. The molecule has 0 aromatic heterocycles. The van der Waals surface area contributed by atoms with Crippen molar-refractivity contribution in [3.63, 3.8) is 0 Å². The van der Waals surface area contributed by atoms with Crippen molar-refractivity contribution in [3.8, 4) is 0 Å².